The second-order valence-corrected chi connectivity index (χ2v) is 6.39. The van der Waals surface area contributed by atoms with E-state index in [4.69, 9.17) is 21.1 Å². The van der Waals surface area contributed by atoms with Gasteiger partial charge < -0.3 is 19.3 Å². The fraction of sp³-hybridized carbons (Fsp3) is 0.562. The number of carbonyl (C=O) groups is 2. The van der Waals surface area contributed by atoms with Gasteiger partial charge in [-0.2, -0.15) is 0 Å². The van der Waals surface area contributed by atoms with Gasteiger partial charge in [0.1, 0.15) is 23.1 Å². The quantitative estimate of drug-likeness (QED) is 0.736. The maximum absolute atomic E-state index is 12.8. The van der Waals surface area contributed by atoms with Gasteiger partial charge in [-0.15, -0.1) is 0 Å². The number of ether oxygens (including phenoxy) is 2. The van der Waals surface area contributed by atoms with Gasteiger partial charge in [-0.25, -0.2) is 4.98 Å². The highest BCUT2D eigenvalue weighted by molar-refractivity contribution is 6.29. The van der Waals surface area contributed by atoms with Gasteiger partial charge in [0.25, 0.3) is 5.91 Å². The van der Waals surface area contributed by atoms with Crippen molar-refractivity contribution in [2.45, 2.75) is 12.5 Å². The standard InChI is InChI=1S/C16H20ClN3O4/c1-2-19-9-16(24-8-14(19)21)10-20(6-7-23-11-16)15(22)12-4-3-5-13(17)18-12/h3-5H,2,6-11H2,1H3. The van der Waals surface area contributed by atoms with Crippen LogP contribution in [0.3, 0.4) is 0 Å². The molecule has 2 amide bonds. The van der Waals surface area contributed by atoms with Crippen LogP contribution in [0.2, 0.25) is 5.15 Å². The third-order valence-corrected chi connectivity index (χ3v) is 4.50. The lowest BCUT2D eigenvalue weighted by molar-refractivity contribution is -0.171. The second-order valence-electron chi connectivity index (χ2n) is 6.00. The van der Waals surface area contributed by atoms with E-state index in [0.29, 0.717) is 45.1 Å². The van der Waals surface area contributed by atoms with Crippen molar-refractivity contribution in [3.8, 4) is 0 Å². The second kappa shape index (κ2) is 7.04. The van der Waals surface area contributed by atoms with Crippen molar-refractivity contribution in [2.75, 3.05) is 46.0 Å². The van der Waals surface area contributed by atoms with Crippen molar-refractivity contribution in [3.63, 3.8) is 0 Å². The molecule has 8 heteroatoms. The van der Waals surface area contributed by atoms with Crippen molar-refractivity contribution < 1.29 is 19.1 Å². The summed E-state index contributed by atoms with van der Waals surface area (Å²) in [5.41, 5.74) is -0.409. The molecule has 3 rings (SSSR count). The maximum atomic E-state index is 12.8. The zero-order valence-corrected chi connectivity index (χ0v) is 14.3. The fourth-order valence-corrected chi connectivity index (χ4v) is 3.19. The Hall–Kier alpha value is -1.70. The summed E-state index contributed by atoms with van der Waals surface area (Å²) in [6, 6.07) is 4.96. The first kappa shape index (κ1) is 17.1. The van der Waals surface area contributed by atoms with E-state index >= 15 is 0 Å². The summed E-state index contributed by atoms with van der Waals surface area (Å²) < 4.78 is 11.5. The van der Waals surface area contributed by atoms with Crippen LogP contribution in [0.5, 0.6) is 0 Å². The molecule has 1 atom stereocenters. The molecule has 2 fully saturated rings. The largest absolute Gasteiger partial charge is 0.376 e. The molecule has 0 N–H and O–H groups in total. The summed E-state index contributed by atoms with van der Waals surface area (Å²) >= 11 is 5.88. The van der Waals surface area contributed by atoms with Gasteiger partial charge in [-0.1, -0.05) is 17.7 Å². The summed E-state index contributed by atoms with van der Waals surface area (Å²) in [6.45, 7) is 4.51. The Morgan fingerprint density at radius 3 is 3.00 bits per heavy atom. The SMILES string of the molecule is CCN1CC2(COCCN(C(=O)c3cccc(Cl)n3)C2)OCC1=O. The Balaban J connectivity index is 1.80. The van der Waals surface area contributed by atoms with E-state index in [-0.39, 0.29) is 23.6 Å². The molecule has 7 nitrogen and oxygen atoms in total. The molecule has 1 aromatic rings. The number of morpholine rings is 1. The average molecular weight is 354 g/mol. The molecule has 0 saturated carbocycles. The van der Waals surface area contributed by atoms with Crippen LogP contribution in [-0.2, 0) is 14.3 Å². The summed E-state index contributed by atoms with van der Waals surface area (Å²) in [6.07, 6.45) is 0. The Bertz CT molecular complexity index is 642. The Labute approximate surface area is 145 Å². The minimum atomic E-state index is -0.700. The molecule has 2 aliphatic heterocycles. The van der Waals surface area contributed by atoms with Gasteiger partial charge in [0.05, 0.1) is 26.3 Å². The molecule has 3 heterocycles. The van der Waals surface area contributed by atoms with E-state index < -0.39 is 5.60 Å². The zero-order valence-electron chi connectivity index (χ0n) is 13.5. The molecule has 0 aliphatic carbocycles. The third kappa shape index (κ3) is 3.53. The van der Waals surface area contributed by atoms with Crippen molar-refractivity contribution in [2.24, 2.45) is 0 Å². The summed E-state index contributed by atoms with van der Waals surface area (Å²) in [7, 11) is 0. The molecule has 130 valence electrons. The molecule has 1 aromatic heterocycles. The molecule has 0 radical (unpaired) electrons. The minimum absolute atomic E-state index is 0.00858. The fourth-order valence-electron chi connectivity index (χ4n) is 3.03. The number of likely N-dealkylation sites (N-methyl/N-ethyl adjacent to an activating group) is 1. The number of aromatic nitrogens is 1. The topological polar surface area (TPSA) is 72.0 Å². The first-order chi connectivity index (χ1) is 11.5. The molecular formula is C16H20ClN3O4. The van der Waals surface area contributed by atoms with Crippen LogP contribution in [0.4, 0.5) is 0 Å². The van der Waals surface area contributed by atoms with Crippen LogP contribution in [0.15, 0.2) is 18.2 Å². The van der Waals surface area contributed by atoms with E-state index in [1.165, 1.54) is 0 Å². The number of hydrogen-bond acceptors (Lipinski definition) is 5. The van der Waals surface area contributed by atoms with Crippen LogP contribution in [0, 0.1) is 0 Å². The van der Waals surface area contributed by atoms with E-state index in [1.807, 2.05) is 6.92 Å². The van der Waals surface area contributed by atoms with Gasteiger partial charge in [-0.05, 0) is 19.1 Å². The molecule has 0 aromatic carbocycles. The van der Waals surface area contributed by atoms with Gasteiger partial charge in [0.15, 0.2) is 0 Å². The smallest absolute Gasteiger partial charge is 0.272 e. The Kier molecular flexibility index (Phi) is 5.03. The number of halogens is 1. The molecule has 2 aliphatic rings. The van der Waals surface area contributed by atoms with Crippen LogP contribution >= 0.6 is 11.6 Å². The lowest BCUT2D eigenvalue weighted by atomic mass is 10.0. The lowest BCUT2D eigenvalue weighted by Gasteiger charge is -2.42. The number of nitrogens with zero attached hydrogens (tertiary/aromatic N) is 3. The van der Waals surface area contributed by atoms with E-state index in [0.717, 1.165) is 0 Å². The minimum Gasteiger partial charge on any atom is -0.376 e. The van der Waals surface area contributed by atoms with Crippen molar-refractivity contribution in [1.29, 1.82) is 0 Å². The van der Waals surface area contributed by atoms with Crippen LogP contribution in [0.25, 0.3) is 0 Å². The molecule has 1 unspecified atom stereocenters. The highest BCUT2D eigenvalue weighted by atomic mass is 35.5. The van der Waals surface area contributed by atoms with E-state index in [9.17, 15) is 9.59 Å². The van der Waals surface area contributed by atoms with Crippen LogP contribution in [-0.4, -0.2) is 78.2 Å². The first-order valence-electron chi connectivity index (χ1n) is 7.94. The van der Waals surface area contributed by atoms with Gasteiger partial charge >= 0.3 is 0 Å². The third-order valence-electron chi connectivity index (χ3n) is 4.29. The zero-order chi connectivity index (χ0) is 17.2. The van der Waals surface area contributed by atoms with Gasteiger partial charge in [0.2, 0.25) is 5.91 Å². The lowest BCUT2D eigenvalue weighted by Crippen LogP contribution is -2.61. The van der Waals surface area contributed by atoms with Crippen LogP contribution < -0.4 is 0 Å². The predicted octanol–water partition coefficient (Wildman–Crippen LogP) is 0.825. The molecule has 2 saturated heterocycles. The Morgan fingerprint density at radius 2 is 2.25 bits per heavy atom. The number of rotatable bonds is 2. The average Bonchev–Trinajstić information content (AvgIpc) is 2.79. The number of hydrogen-bond donors (Lipinski definition) is 0. The molecule has 0 bridgehead atoms. The Morgan fingerprint density at radius 1 is 1.42 bits per heavy atom. The van der Waals surface area contributed by atoms with E-state index in [1.54, 1.807) is 28.0 Å². The number of amides is 2. The van der Waals surface area contributed by atoms with Crippen molar-refractivity contribution in [1.82, 2.24) is 14.8 Å². The monoisotopic (exact) mass is 353 g/mol. The summed E-state index contributed by atoms with van der Waals surface area (Å²) in [5.74, 6) is -0.257. The van der Waals surface area contributed by atoms with E-state index in [2.05, 4.69) is 4.98 Å². The maximum Gasteiger partial charge on any atom is 0.272 e. The van der Waals surface area contributed by atoms with Gasteiger partial charge in [0, 0.05) is 13.1 Å². The van der Waals surface area contributed by atoms with Crippen LogP contribution in [0.1, 0.15) is 17.4 Å². The predicted molar refractivity (Wildman–Crippen MR) is 86.9 cm³/mol. The number of carbonyl (C=O) groups excluding carboxylic acids is 2. The molecule has 24 heavy (non-hydrogen) atoms. The van der Waals surface area contributed by atoms with Crippen molar-refractivity contribution >= 4 is 23.4 Å². The summed E-state index contributed by atoms with van der Waals surface area (Å²) in [5, 5.41) is 0.276. The van der Waals surface area contributed by atoms with Gasteiger partial charge in [-0.3, -0.25) is 9.59 Å². The summed E-state index contributed by atoms with van der Waals surface area (Å²) in [4.78, 5) is 32.1. The highest BCUT2D eigenvalue weighted by Crippen LogP contribution is 2.24. The van der Waals surface area contributed by atoms with Crippen molar-refractivity contribution in [3.05, 3.63) is 29.0 Å². The molecular weight excluding hydrogens is 334 g/mol. The first-order valence-corrected chi connectivity index (χ1v) is 8.32. The molecule has 1 spiro atoms. The normalized spacial score (nSPS) is 25.0. The highest BCUT2D eigenvalue weighted by Gasteiger charge is 2.43. The number of pyridine rings is 1.